The van der Waals surface area contributed by atoms with Gasteiger partial charge >= 0.3 is 0 Å². The molecule has 1 aromatic carbocycles. The first kappa shape index (κ1) is 25.2. The van der Waals surface area contributed by atoms with Gasteiger partial charge in [-0.3, -0.25) is 14.4 Å². The highest BCUT2D eigenvalue weighted by molar-refractivity contribution is 6.30. The topological polar surface area (TPSA) is 130 Å². The van der Waals surface area contributed by atoms with E-state index in [2.05, 4.69) is 31.0 Å². The van der Waals surface area contributed by atoms with Crippen LogP contribution in [0.1, 0.15) is 52.7 Å². The van der Waals surface area contributed by atoms with E-state index >= 15 is 0 Å². The summed E-state index contributed by atoms with van der Waals surface area (Å²) in [5, 5.41) is 12.2. The monoisotopic (exact) mass is 513 g/mol. The van der Waals surface area contributed by atoms with Crippen LogP contribution in [0.25, 0.3) is 5.78 Å². The third kappa shape index (κ3) is 5.35. The molecule has 12 heteroatoms. The van der Waals surface area contributed by atoms with Gasteiger partial charge in [-0.2, -0.15) is 14.6 Å². The van der Waals surface area contributed by atoms with Gasteiger partial charge in [0, 0.05) is 26.2 Å². The van der Waals surface area contributed by atoms with Crippen LogP contribution in [0.5, 0.6) is 0 Å². The standard InChI is InChI=1S/C24H25ClFN7O3/c1-24(22(36)27-2)7-5-14(6-8-24)11-29-21(35)19-10-18(32-23-30-13-31-33(19)23)20(34)28-12-15-3-4-17(26)16(25)9-15/h3-5,9-10,13H,6-8,11-12H2,1-2H3,(H,27,36)(H,28,34)(H,29,35). The zero-order valence-corrected chi connectivity index (χ0v) is 20.5. The van der Waals surface area contributed by atoms with E-state index in [1.807, 2.05) is 13.0 Å². The predicted molar refractivity (Wildman–Crippen MR) is 130 cm³/mol. The van der Waals surface area contributed by atoms with Gasteiger partial charge in [-0.05, 0) is 37.0 Å². The van der Waals surface area contributed by atoms with Gasteiger partial charge < -0.3 is 16.0 Å². The molecule has 4 rings (SSSR count). The highest BCUT2D eigenvalue weighted by atomic mass is 35.5. The van der Waals surface area contributed by atoms with Gasteiger partial charge in [-0.15, -0.1) is 0 Å². The molecule has 3 N–H and O–H groups in total. The summed E-state index contributed by atoms with van der Waals surface area (Å²) in [7, 11) is 1.62. The Bertz CT molecular complexity index is 1370. The van der Waals surface area contributed by atoms with Crippen LogP contribution in [0.3, 0.4) is 0 Å². The van der Waals surface area contributed by atoms with Crippen LogP contribution in [0.2, 0.25) is 5.02 Å². The number of nitrogens with zero attached hydrogens (tertiary/aromatic N) is 4. The predicted octanol–water partition coefficient (Wildman–Crippen LogP) is 2.44. The Balaban J connectivity index is 1.45. The fraction of sp³-hybridized carbons (Fsp3) is 0.333. The Kier molecular flexibility index (Phi) is 7.30. The summed E-state index contributed by atoms with van der Waals surface area (Å²) in [6.07, 6.45) is 5.17. The molecule has 2 heterocycles. The second kappa shape index (κ2) is 10.4. The molecular weight excluding hydrogens is 489 g/mol. The van der Waals surface area contributed by atoms with E-state index in [-0.39, 0.29) is 34.6 Å². The first-order valence-corrected chi connectivity index (χ1v) is 11.7. The molecule has 188 valence electrons. The van der Waals surface area contributed by atoms with Crippen molar-refractivity contribution < 1.29 is 18.8 Å². The van der Waals surface area contributed by atoms with Crippen molar-refractivity contribution in [2.75, 3.05) is 13.6 Å². The average Bonchev–Trinajstić information content (AvgIpc) is 3.36. The third-order valence-corrected chi connectivity index (χ3v) is 6.53. The minimum Gasteiger partial charge on any atom is -0.359 e. The van der Waals surface area contributed by atoms with Gasteiger partial charge in [0.15, 0.2) is 0 Å². The number of amides is 3. The number of carbonyl (C=O) groups is 3. The number of carbonyl (C=O) groups excluding carboxylic acids is 3. The van der Waals surface area contributed by atoms with E-state index in [0.29, 0.717) is 31.4 Å². The molecule has 0 radical (unpaired) electrons. The zero-order chi connectivity index (χ0) is 25.9. The van der Waals surface area contributed by atoms with Crippen molar-refractivity contribution in [2.45, 2.75) is 32.7 Å². The molecular formula is C24H25ClFN7O3. The lowest BCUT2D eigenvalue weighted by Gasteiger charge is -2.31. The molecule has 0 saturated carbocycles. The van der Waals surface area contributed by atoms with Crippen LogP contribution in [-0.2, 0) is 11.3 Å². The van der Waals surface area contributed by atoms with Gasteiger partial charge in [-0.25, -0.2) is 9.37 Å². The summed E-state index contributed by atoms with van der Waals surface area (Å²) in [4.78, 5) is 46.0. The molecule has 3 amide bonds. The van der Waals surface area contributed by atoms with Crippen molar-refractivity contribution in [3.63, 3.8) is 0 Å². The number of aromatic nitrogens is 4. The normalized spacial score (nSPS) is 17.4. The molecule has 36 heavy (non-hydrogen) atoms. The first-order chi connectivity index (χ1) is 17.2. The SMILES string of the molecule is CNC(=O)C1(C)CC=C(CNC(=O)c2cc(C(=O)NCc3ccc(F)c(Cl)c3)nc3ncnn23)CC1. The number of fused-ring (bicyclic) bond motifs is 1. The fourth-order valence-electron chi connectivity index (χ4n) is 3.98. The molecule has 1 unspecified atom stereocenters. The Morgan fingerprint density at radius 1 is 1.17 bits per heavy atom. The lowest BCUT2D eigenvalue weighted by Crippen LogP contribution is -2.38. The molecule has 0 spiro atoms. The molecule has 1 atom stereocenters. The van der Waals surface area contributed by atoms with Crippen LogP contribution < -0.4 is 16.0 Å². The number of rotatable bonds is 7. The van der Waals surface area contributed by atoms with Crippen molar-refractivity contribution in [1.29, 1.82) is 0 Å². The molecule has 0 aliphatic heterocycles. The Hall–Kier alpha value is -3.86. The van der Waals surface area contributed by atoms with Crippen LogP contribution in [0.4, 0.5) is 4.39 Å². The molecule has 0 saturated heterocycles. The molecule has 0 fully saturated rings. The maximum atomic E-state index is 13.4. The van der Waals surface area contributed by atoms with E-state index in [1.54, 1.807) is 7.05 Å². The molecule has 0 bridgehead atoms. The molecule has 10 nitrogen and oxygen atoms in total. The number of halogens is 2. The Morgan fingerprint density at radius 3 is 2.64 bits per heavy atom. The van der Waals surface area contributed by atoms with Gasteiger partial charge in [0.1, 0.15) is 23.5 Å². The highest BCUT2D eigenvalue weighted by Gasteiger charge is 2.33. The van der Waals surface area contributed by atoms with Crippen LogP contribution in [0, 0.1) is 11.2 Å². The highest BCUT2D eigenvalue weighted by Crippen LogP contribution is 2.35. The number of allylic oxidation sites excluding steroid dienone is 1. The number of benzene rings is 1. The van der Waals surface area contributed by atoms with Crippen LogP contribution >= 0.6 is 11.6 Å². The van der Waals surface area contributed by atoms with Crippen molar-refractivity contribution in [1.82, 2.24) is 35.5 Å². The molecule has 2 aromatic heterocycles. The van der Waals surface area contributed by atoms with Crippen molar-refractivity contribution in [2.24, 2.45) is 5.41 Å². The first-order valence-electron chi connectivity index (χ1n) is 11.3. The quantitative estimate of drug-likeness (QED) is 0.416. The molecule has 1 aliphatic rings. The van der Waals surface area contributed by atoms with Crippen LogP contribution in [0.15, 0.2) is 42.2 Å². The summed E-state index contributed by atoms with van der Waals surface area (Å²) in [6, 6.07) is 5.48. The second-order valence-electron chi connectivity index (χ2n) is 8.82. The minimum absolute atomic E-state index is 0.000488. The van der Waals surface area contributed by atoms with Gasteiger partial charge in [0.2, 0.25) is 5.91 Å². The number of hydrogen-bond donors (Lipinski definition) is 3. The van der Waals surface area contributed by atoms with Gasteiger partial charge in [-0.1, -0.05) is 36.2 Å². The summed E-state index contributed by atoms with van der Waals surface area (Å²) in [5.41, 5.74) is 1.24. The largest absolute Gasteiger partial charge is 0.359 e. The number of nitrogens with one attached hydrogen (secondary N) is 3. The maximum absolute atomic E-state index is 13.4. The zero-order valence-electron chi connectivity index (χ0n) is 19.8. The lowest BCUT2D eigenvalue weighted by molar-refractivity contribution is -0.130. The molecule has 1 aliphatic carbocycles. The fourth-order valence-corrected chi connectivity index (χ4v) is 4.18. The lowest BCUT2D eigenvalue weighted by atomic mass is 9.76. The van der Waals surface area contributed by atoms with E-state index in [4.69, 9.17) is 11.6 Å². The summed E-state index contributed by atoms with van der Waals surface area (Å²) < 4.78 is 14.6. The van der Waals surface area contributed by atoms with E-state index in [1.165, 1.54) is 35.1 Å². The Labute approximate surface area is 211 Å². The van der Waals surface area contributed by atoms with Crippen molar-refractivity contribution in [3.05, 3.63) is 70.0 Å². The second-order valence-corrected chi connectivity index (χ2v) is 9.23. The summed E-state index contributed by atoms with van der Waals surface area (Å²) in [6.45, 7) is 2.31. The van der Waals surface area contributed by atoms with Gasteiger partial charge in [0.25, 0.3) is 17.6 Å². The van der Waals surface area contributed by atoms with E-state index in [0.717, 1.165) is 5.57 Å². The third-order valence-electron chi connectivity index (χ3n) is 6.24. The maximum Gasteiger partial charge on any atom is 0.270 e. The number of hydrogen-bond acceptors (Lipinski definition) is 6. The van der Waals surface area contributed by atoms with E-state index in [9.17, 15) is 18.8 Å². The molecule has 3 aromatic rings. The average molecular weight is 514 g/mol. The summed E-state index contributed by atoms with van der Waals surface area (Å²) in [5.74, 6) is -1.45. The minimum atomic E-state index is -0.550. The Morgan fingerprint density at radius 2 is 1.94 bits per heavy atom. The summed E-state index contributed by atoms with van der Waals surface area (Å²) >= 11 is 5.79. The van der Waals surface area contributed by atoms with Crippen molar-refractivity contribution >= 4 is 35.1 Å². The van der Waals surface area contributed by atoms with Crippen molar-refractivity contribution in [3.8, 4) is 0 Å². The van der Waals surface area contributed by atoms with Crippen LogP contribution in [-0.4, -0.2) is 50.9 Å². The smallest absolute Gasteiger partial charge is 0.270 e. The van der Waals surface area contributed by atoms with Gasteiger partial charge in [0.05, 0.1) is 10.4 Å². The van der Waals surface area contributed by atoms with E-state index < -0.39 is 23.0 Å².